The molecule has 0 amide bonds. The first-order valence-electron chi connectivity index (χ1n) is 10.2. The molecule has 29 heavy (non-hydrogen) atoms. The van der Waals surface area contributed by atoms with Gasteiger partial charge in [-0.25, -0.2) is 9.59 Å². The SMILES string of the molecule is C=C(C)C(=O)OCC(COC(=O)C(=C)C)OC(=O)CCCCCCCCCCBr. The third kappa shape index (κ3) is 15.9. The van der Waals surface area contributed by atoms with Crippen molar-refractivity contribution in [3.05, 3.63) is 24.3 Å². The third-order valence-electron chi connectivity index (χ3n) is 4.06. The van der Waals surface area contributed by atoms with Crippen molar-refractivity contribution in [2.24, 2.45) is 0 Å². The minimum atomic E-state index is -0.858. The summed E-state index contributed by atoms with van der Waals surface area (Å²) >= 11 is 3.43. The molecule has 0 atom stereocenters. The van der Waals surface area contributed by atoms with Crippen molar-refractivity contribution in [1.82, 2.24) is 0 Å². The summed E-state index contributed by atoms with van der Waals surface area (Å²) in [7, 11) is 0. The second-order valence-corrected chi connectivity index (χ2v) is 7.93. The highest BCUT2D eigenvalue weighted by atomic mass is 79.9. The molecule has 0 unspecified atom stereocenters. The number of alkyl halides is 1. The van der Waals surface area contributed by atoms with Crippen LogP contribution in [0, 0.1) is 0 Å². The van der Waals surface area contributed by atoms with Gasteiger partial charge >= 0.3 is 17.9 Å². The number of ether oxygens (including phenoxy) is 3. The molecule has 0 aromatic heterocycles. The van der Waals surface area contributed by atoms with Crippen LogP contribution in [0.25, 0.3) is 0 Å². The summed E-state index contributed by atoms with van der Waals surface area (Å²) in [6.45, 7) is 9.63. The Morgan fingerprint density at radius 3 is 1.59 bits per heavy atom. The Morgan fingerprint density at radius 1 is 0.759 bits per heavy atom. The molecule has 0 aromatic carbocycles. The number of unbranched alkanes of at least 4 members (excludes halogenated alkanes) is 7. The molecule has 0 bridgehead atoms. The molecule has 0 spiro atoms. The summed E-state index contributed by atoms with van der Waals surface area (Å²) in [5, 5.41) is 1.06. The monoisotopic (exact) mass is 474 g/mol. The maximum absolute atomic E-state index is 12.1. The second kappa shape index (κ2) is 17.2. The average Bonchev–Trinajstić information content (AvgIpc) is 2.67. The Balaban J connectivity index is 4.19. The van der Waals surface area contributed by atoms with E-state index in [0.29, 0.717) is 0 Å². The first kappa shape index (κ1) is 27.4. The fraction of sp³-hybridized carbons (Fsp3) is 0.682. The van der Waals surface area contributed by atoms with Crippen molar-refractivity contribution in [3.8, 4) is 0 Å². The fourth-order valence-electron chi connectivity index (χ4n) is 2.37. The highest BCUT2D eigenvalue weighted by Gasteiger charge is 2.19. The molecule has 0 aliphatic carbocycles. The van der Waals surface area contributed by atoms with Crippen molar-refractivity contribution in [2.75, 3.05) is 18.5 Å². The predicted octanol–water partition coefficient (Wildman–Crippen LogP) is 5.04. The van der Waals surface area contributed by atoms with Gasteiger partial charge in [0.05, 0.1) is 0 Å². The van der Waals surface area contributed by atoms with Crippen LogP contribution in [0.4, 0.5) is 0 Å². The maximum atomic E-state index is 12.1. The topological polar surface area (TPSA) is 78.9 Å². The first-order valence-corrected chi connectivity index (χ1v) is 11.3. The minimum Gasteiger partial charge on any atom is -0.458 e. The molecule has 0 fully saturated rings. The number of hydrogen-bond acceptors (Lipinski definition) is 6. The van der Waals surface area contributed by atoms with Crippen LogP contribution in [0.15, 0.2) is 24.3 Å². The maximum Gasteiger partial charge on any atom is 0.333 e. The summed E-state index contributed by atoms with van der Waals surface area (Å²) in [6, 6.07) is 0. The molecule has 0 saturated heterocycles. The second-order valence-electron chi connectivity index (χ2n) is 7.14. The van der Waals surface area contributed by atoms with Gasteiger partial charge in [0.2, 0.25) is 0 Å². The van der Waals surface area contributed by atoms with Crippen LogP contribution < -0.4 is 0 Å². The average molecular weight is 475 g/mol. The van der Waals surface area contributed by atoms with Gasteiger partial charge < -0.3 is 14.2 Å². The lowest BCUT2D eigenvalue weighted by Gasteiger charge is -2.18. The van der Waals surface area contributed by atoms with Crippen molar-refractivity contribution < 1.29 is 28.6 Å². The van der Waals surface area contributed by atoms with Crippen molar-refractivity contribution in [1.29, 1.82) is 0 Å². The number of rotatable bonds is 17. The third-order valence-corrected chi connectivity index (χ3v) is 4.62. The van der Waals surface area contributed by atoms with Gasteiger partial charge in [-0.2, -0.15) is 0 Å². The van der Waals surface area contributed by atoms with Crippen LogP contribution in [0.5, 0.6) is 0 Å². The Bertz CT molecular complexity index is 513. The van der Waals surface area contributed by atoms with Crippen LogP contribution in [-0.4, -0.2) is 42.6 Å². The summed E-state index contributed by atoms with van der Waals surface area (Å²) in [6.07, 6.45) is 8.35. The molecular formula is C22H35BrO6. The Hall–Kier alpha value is -1.63. The van der Waals surface area contributed by atoms with Crippen molar-refractivity contribution in [2.45, 2.75) is 77.7 Å². The van der Waals surface area contributed by atoms with Crippen LogP contribution in [0.2, 0.25) is 0 Å². The molecule has 166 valence electrons. The van der Waals surface area contributed by atoms with Crippen molar-refractivity contribution in [3.63, 3.8) is 0 Å². The summed E-state index contributed by atoms with van der Waals surface area (Å²) in [5.41, 5.74) is 0.474. The van der Waals surface area contributed by atoms with Gasteiger partial charge in [-0.1, -0.05) is 67.6 Å². The van der Waals surface area contributed by atoms with E-state index >= 15 is 0 Å². The van der Waals surface area contributed by atoms with E-state index in [1.54, 1.807) is 0 Å². The Labute approximate surface area is 183 Å². The Morgan fingerprint density at radius 2 is 1.17 bits per heavy atom. The molecule has 0 aromatic rings. The molecule has 0 rings (SSSR count). The zero-order valence-electron chi connectivity index (χ0n) is 17.8. The summed E-state index contributed by atoms with van der Waals surface area (Å²) in [5.74, 6) is -1.58. The van der Waals surface area contributed by atoms with Gasteiger partial charge in [0.1, 0.15) is 13.2 Å². The number of hydrogen-bond donors (Lipinski definition) is 0. The molecule has 0 aliphatic heterocycles. The van der Waals surface area contributed by atoms with E-state index in [9.17, 15) is 14.4 Å². The molecule has 6 nitrogen and oxygen atoms in total. The van der Waals surface area contributed by atoms with E-state index in [1.807, 2.05) is 0 Å². The number of carbonyl (C=O) groups excluding carboxylic acids is 3. The molecular weight excluding hydrogens is 440 g/mol. The minimum absolute atomic E-state index is 0.199. The summed E-state index contributed by atoms with van der Waals surface area (Å²) in [4.78, 5) is 35.2. The quantitative estimate of drug-likeness (QED) is 0.0964. The van der Waals surface area contributed by atoms with Gasteiger partial charge in [-0.05, 0) is 26.7 Å². The molecule has 0 saturated carbocycles. The largest absolute Gasteiger partial charge is 0.458 e. The van der Waals surface area contributed by atoms with Gasteiger partial charge in [-0.3, -0.25) is 4.79 Å². The standard InChI is InChI=1S/C22H35BrO6/c1-17(2)21(25)27-15-19(16-28-22(26)18(3)4)29-20(24)13-11-9-7-5-6-8-10-12-14-23/h19H,1,3,5-16H2,2,4H3. The molecule has 0 heterocycles. The number of carbonyl (C=O) groups is 3. The van der Waals surface area contributed by atoms with E-state index in [1.165, 1.54) is 46.0 Å². The Kier molecular flexibility index (Phi) is 16.3. The van der Waals surface area contributed by atoms with Gasteiger partial charge in [0, 0.05) is 22.9 Å². The number of esters is 3. The van der Waals surface area contributed by atoms with E-state index < -0.39 is 24.0 Å². The van der Waals surface area contributed by atoms with Crippen LogP contribution in [-0.2, 0) is 28.6 Å². The highest BCUT2D eigenvalue weighted by Crippen LogP contribution is 2.11. The van der Waals surface area contributed by atoms with E-state index in [0.717, 1.165) is 24.6 Å². The van der Waals surface area contributed by atoms with Gasteiger partial charge in [-0.15, -0.1) is 0 Å². The lowest BCUT2D eigenvalue weighted by Crippen LogP contribution is -2.31. The van der Waals surface area contributed by atoms with Crippen LogP contribution in [0.3, 0.4) is 0 Å². The van der Waals surface area contributed by atoms with E-state index in [4.69, 9.17) is 14.2 Å². The first-order chi connectivity index (χ1) is 13.8. The summed E-state index contributed by atoms with van der Waals surface area (Å²) < 4.78 is 15.4. The normalized spacial score (nSPS) is 10.5. The zero-order valence-corrected chi connectivity index (χ0v) is 19.4. The van der Waals surface area contributed by atoms with Crippen molar-refractivity contribution >= 4 is 33.8 Å². The molecule has 7 heteroatoms. The van der Waals surface area contributed by atoms with Gasteiger partial charge in [0.15, 0.2) is 6.10 Å². The lowest BCUT2D eigenvalue weighted by molar-refractivity contribution is -0.164. The van der Waals surface area contributed by atoms with E-state index in [-0.39, 0.29) is 30.8 Å². The lowest BCUT2D eigenvalue weighted by atomic mass is 10.1. The number of halogens is 1. The molecule has 0 aliphatic rings. The fourth-order valence-corrected chi connectivity index (χ4v) is 2.77. The molecule has 0 N–H and O–H groups in total. The van der Waals surface area contributed by atoms with E-state index in [2.05, 4.69) is 29.1 Å². The van der Waals surface area contributed by atoms with Gasteiger partial charge in [0.25, 0.3) is 0 Å². The smallest absolute Gasteiger partial charge is 0.333 e. The zero-order chi connectivity index (χ0) is 22.1. The van der Waals surface area contributed by atoms with Crippen LogP contribution >= 0.6 is 15.9 Å². The molecule has 0 radical (unpaired) electrons. The predicted molar refractivity (Wildman–Crippen MR) is 117 cm³/mol. The van der Waals surface area contributed by atoms with Crippen LogP contribution in [0.1, 0.15) is 71.6 Å². The highest BCUT2D eigenvalue weighted by molar-refractivity contribution is 9.09.